The number of carboxylic acid groups (broad SMARTS) is 1. The molecular weight excluding hydrogens is 260 g/mol. The number of carboxylic acids is 1. The van der Waals surface area contributed by atoms with Gasteiger partial charge in [-0.2, -0.15) is 0 Å². The summed E-state index contributed by atoms with van der Waals surface area (Å²) in [5, 5.41) is 11.4. The van der Waals surface area contributed by atoms with Crippen LogP contribution in [0.3, 0.4) is 0 Å². The van der Waals surface area contributed by atoms with Crippen molar-refractivity contribution in [1.29, 1.82) is 0 Å². The second-order valence-corrected chi connectivity index (χ2v) is 4.78. The molecule has 0 bridgehead atoms. The zero-order valence-electron chi connectivity index (χ0n) is 8.72. The number of ether oxygens (including phenoxy) is 1. The minimum absolute atomic E-state index is 0.117. The number of hydrogen-bond acceptors (Lipinski definition) is 3. The van der Waals surface area contributed by atoms with Gasteiger partial charge < -0.3 is 9.84 Å². The fourth-order valence-electron chi connectivity index (χ4n) is 1.34. The third-order valence-corrected chi connectivity index (χ3v) is 3.21. The summed E-state index contributed by atoms with van der Waals surface area (Å²) in [4.78, 5) is 12.0. The lowest BCUT2D eigenvalue weighted by molar-refractivity contribution is 0.0692. The summed E-state index contributed by atoms with van der Waals surface area (Å²) in [5.74, 6) is -0.735. The van der Waals surface area contributed by atoms with Crippen molar-refractivity contribution in [3.8, 4) is 5.75 Å². The molecule has 88 valence electrons. The molecule has 3 nitrogen and oxygen atoms in total. The van der Waals surface area contributed by atoms with E-state index in [9.17, 15) is 4.79 Å². The van der Waals surface area contributed by atoms with Crippen molar-refractivity contribution in [2.45, 2.75) is 6.61 Å². The van der Waals surface area contributed by atoms with E-state index in [0.29, 0.717) is 17.4 Å². The van der Waals surface area contributed by atoms with Crippen molar-refractivity contribution in [3.05, 3.63) is 51.2 Å². The third kappa shape index (κ3) is 2.99. The van der Waals surface area contributed by atoms with Crippen LogP contribution >= 0.6 is 22.9 Å². The van der Waals surface area contributed by atoms with Crippen molar-refractivity contribution >= 4 is 28.9 Å². The molecule has 1 N–H and O–H groups in total. The SMILES string of the molecule is O=C(O)c1ccc(Cl)cc1OCc1cccs1. The molecule has 0 fully saturated rings. The molecule has 0 aliphatic rings. The molecule has 2 aromatic rings. The molecule has 0 aliphatic carbocycles. The first-order valence-corrected chi connectivity index (χ1v) is 6.10. The van der Waals surface area contributed by atoms with E-state index in [1.54, 1.807) is 11.3 Å². The van der Waals surface area contributed by atoms with E-state index in [2.05, 4.69) is 0 Å². The second kappa shape index (κ2) is 5.21. The van der Waals surface area contributed by atoms with E-state index in [1.807, 2.05) is 17.5 Å². The topological polar surface area (TPSA) is 46.5 Å². The highest BCUT2D eigenvalue weighted by atomic mass is 35.5. The number of carbonyl (C=O) groups is 1. The predicted octanol–water partition coefficient (Wildman–Crippen LogP) is 3.68. The average molecular weight is 269 g/mol. The lowest BCUT2D eigenvalue weighted by Crippen LogP contribution is -2.02. The van der Waals surface area contributed by atoms with Crippen LogP contribution in [0.25, 0.3) is 0 Å². The van der Waals surface area contributed by atoms with Gasteiger partial charge in [0.25, 0.3) is 0 Å². The van der Waals surface area contributed by atoms with Crippen molar-refractivity contribution in [1.82, 2.24) is 0 Å². The van der Waals surface area contributed by atoms with E-state index in [4.69, 9.17) is 21.4 Å². The van der Waals surface area contributed by atoms with Crippen LogP contribution in [0.5, 0.6) is 5.75 Å². The number of rotatable bonds is 4. The molecule has 0 saturated heterocycles. The summed E-state index contributed by atoms with van der Waals surface area (Å²) in [6.07, 6.45) is 0. The van der Waals surface area contributed by atoms with Crippen LogP contribution in [-0.2, 0) is 6.61 Å². The quantitative estimate of drug-likeness (QED) is 0.920. The number of hydrogen-bond donors (Lipinski definition) is 1. The third-order valence-electron chi connectivity index (χ3n) is 2.12. The molecule has 0 radical (unpaired) electrons. The standard InChI is InChI=1S/C12H9ClO3S/c13-8-3-4-10(12(14)15)11(6-8)16-7-9-2-1-5-17-9/h1-6H,7H2,(H,14,15). The minimum atomic E-state index is -1.03. The largest absolute Gasteiger partial charge is 0.487 e. The van der Waals surface area contributed by atoms with Crippen LogP contribution < -0.4 is 4.74 Å². The van der Waals surface area contributed by atoms with Crippen molar-refractivity contribution in [2.24, 2.45) is 0 Å². The Labute approximate surface area is 107 Å². The van der Waals surface area contributed by atoms with Crippen molar-refractivity contribution in [3.63, 3.8) is 0 Å². The number of benzene rings is 1. The highest BCUT2D eigenvalue weighted by molar-refractivity contribution is 7.09. The molecule has 5 heteroatoms. The van der Waals surface area contributed by atoms with Gasteiger partial charge in [0.1, 0.15) is 17.9 Å². The van der Waals surface area contributed by atoms with E-state index in [1.165, 1.54) is 18.2 Å². The van der Waals surface area contributed by atoms with Crippen molar-refractivity contribution in [2.75, 3.05) is 0 Å². The molecule has 0 amide bonds. The molecule has 1 aromatic heterocycles. The Balaban J connectivity index is 2.19. The molecule has 2 rings (SSSR count). The average Bonchev–Trinajstić information content (AvgIpc) is 2.78. The Hall–Kier alpha value is -1.52. The van der Waals surface area contributed by atoms with Crippen LogP contribution in [0, 0.1) is 0 Å². The lowest BCUT2D eigenvalue weighted by Gasteiger charge is -2.08. The monoisotopic (exact) mass is 268 g/mol. The van der Waals surface area contributed by atoms with Crippen LogP contribution in [0.15, 0.2) is 35.7 Å². The van der Waals surface area contributed by atoms with E-state index in [-0.39, 0.29) is 5.56 Å². The number of aromatic carboxylic acids is 1. The summed E-state index contributed by atoms with van der Waals surface area (Å²) in [7, 11) is 0. The molecule has 0 atom stereocenters. The summed E-state index contributed by atoms with van der Waals surface area (Å²) in [6, 6.07) is 8.32. The zero-order chi connectivity index (χ0) is 12.3. The Morgan fingerprint density at radius 3 is 2.88 bits per heavy atom. The maximum atomic E-state index is 11.0. The molecule has 0 aliphatic heterocycles. The summed E-state index contributed by atoms with van der Waals surface area (Å²) < 4.78 is 5.47. The summed E-state index contributed by atoms with van der Waals surface area (Å²) in [6.45, 7) is 0.346. The fraction of sp³-hybridized carbons (Fsp3) is 0.0833. The normalized spacial score (nSPS) is 10.2. The van der Waals surface area contributed by atoms with Gasteiger partial charge >= 0.3 is 5.97 Å². The van der Waals surface area contributed by atoms with Gasteiger partial charge in [0, 0.05) is 9.90 Å². The van der Waals surface area contributed by atoms with Gasteiger partial charge in [-0.15, -0.1) is 11.3 Å². The molecule has 1 heterocycles. The molecule has 17 heavy (non-hydrogen) atoms. The first-order chi connectivity index (χ1) is 8.16. The van der Waals surface area contributed by atoms with Gasteiger partial charge in [-0.05, 0) is 29.6 Å². The van der Waals surface area contributed by atoms with Crippen LogP contribution in [0.1, 0.15) is 15.2 Å². The van der Waals surface area contributed by atoms with Gasteiger partial charge in [-0.3, -0.25) is 0 Å². The Kier molecular flexibility index (Phi) is 3.66. The van der Waals surface area contributed by atoms with Gasteiger partial charge in [0.05, 0.1) is 0 Å². The smallest absolute Gasteiger partial charge is 0.339 e. The lowest BCUT2D eigenvalue weighted by atomic mass is 10.2. The molecular formula is C12H9ClO3S. The van der Waals surface area contributed by atoms with Gasteiger partial charge in [0.2, 0.25) is 0 Å². The first-order valence-electron chi connectivity index (χ1n) is 4.85. The summed E-state index contributed by atoms with van der Waals surface area (Å²) in [5.41, 5.74) is 0.117. The fourth-order valence-corrected chi connectivity index (χ4v) is 2.11. The number of thiophene rings is 1. The number of halogens is 1. The zero-order valence-corrected chi connectivity index (χ0v) is 10.3. The predicted molar refractivity (Wildman–Crippen MR) is 67.1 cm³/mol. The molecule has 1 aromatic carbocycles. The van der Waals surface area contributed by atoms with E-state index >= 15 is 0 Å². The first kappa shape index (κ1) is 12.0. The van der Waals surface area contributed by atoms with Gasteiger partial charge in [-0.25, -0.2) is 4.79 Å². The highest BCUT2D eigenvalue weighted by Gasteiger charge is 2.11. The van der Waals surface area contributed by atoms with Crippen LogP contribution in [0.2, 0.25) is 5.02 Å². The Morgan fingerprint density at radius 1 is 1.41 bits per heavy atom. The second-order valence-electron chi connectivity index (χ2n) is 3.31. The van der Waals surface area contributed by atoms with Crippen molar-refractivity contribution < 1.29 is 14.6 Å². The molecule has 0 spiro atoms. The highest BCUT2D eigenvalue weighted by Crippen LogP contribution is 2.25. The Morgan fingerprint density at radius 2 is 2.24 bits per heavy atom. The molecule has 0 saturated carbocycles. The summed E-state index contributed by atoms with van der Waals surface area (Å²) >= 11 is 7.37. The van der Waals surface area contributed by atoms with Gasteiger partial charge in [-0.1, -0.05) is 17.7 Å². The maximum absolute atomic E-state index is 11.0. The molecule has 0 unspecified atom stereocenters. The van der Waals surface area contributed by atoms with E-state index in [0.717, 1.165) is 4.88 Å². The Bertz CT molecular complexity index is 523. The van der Waals surface area contributed by atoms with Crippen LogP contribution in [0.4, 0.5) is 0 Å². The van der Waals surface area contributed by atoms with Crippen LogP contribution in [-0.4, -0.2) is 11.1 Å². The van der Waals surface area contributed by atoms with Gasteiger partial charge in [0.15, 0.2) is 0 Å². The van der Waals surface area contributed by atoms with E-state index < -0.39 is 5.97 Å². The minimum Gasteiger partial charge on any atom is -0.487 e. The maximum Gasteiger partial charge on any atom is 0.339 e.